The Balaban J connectivity index is 2.23. The van der Waals surface area contributed by atoms with E-state index in [2.05, 4.69) is 29.1 Å². The van der Waals surface area contributed by atoms with E-state index in [4.69, 9.17) is 5.73 Å². The first-order valence-corrected chi connectivity index (χ1v) is 6.27. The molecule has 0 amide bonds. The second-order valence-corrected chi connectivity index (χ2v) is 5.41. The molecule has 5 heteroatoms. The first-order chi connectivity index (χ1) is 7.99. The van der Waals surface area contributed by atoms with Gasteiger partial charge in [-0.25, -0.2) is 9.97 Å². The molecule has 0 fully saturated rings. The fourth-order valence-corrected chi connectivity index (χ4v) is 2.23. The van der Waals surface area contributed by atoms with Gasteiger partial charge in [0.1, 0.15) is 10.8 Å². The molecule has 3 N–H and O–H groups in total. The number of nitrogens with one attached hydrogen (secondary N) is 1. The van der Waals surface area contributed by atoms with Crippen LogP contribution in [0.15, 0.2) is 23.8 Å². The summed E-state index contributed by atoms with van der Waals surface area (Å²) < 4.78 is 0. The van der Waals surface area contributed by atoms with Gasteiger partial charge in [0.05, 0.1) is 5.54 Å². The van der Waals surface area contributed by atoms with E-state index in [0.717, 1.165) is 22.1 Å². The minimum absolute atomic E-state index is 0.247. The Bertz CT molecular complexity index is 505. The molecule has 0 bridgehead atoms. The molecule has 0 spiro atoms. The number of nitrogens with zero attached hydrogens (tertiary/aromatic N) is 2. The molecular formula is C12H16N4S. The maximum atomic E-state index is 5.87. The second kappa shape index (κ2) is 4.33. The van der Waals surface area contributed by atoms with Gasteiger partial charge in [0.25, 0.3) is 0 Å². The number of aromatic nitrogens is 2. The van der Waals surface area contributed by atoms with Crippen LogP contribution in [0.25, 0.3) is 0 Å². The van der Waals surface area contributed by atoms with E-state index >= 15 is 0 Å². The number of hydrogen-bond acceptors (Lipinski definition) is 5. The van der Waals surface area contributed by atoms with Gasteiger partial charge in [-0.3, -0.25) is 0 Å². The normalized spacial score (nSPS) is 11.5. The molecule has 0 aliphatic heterocycles. The summed E-state index contributed by atoms with van der Waals surface area (Å²) in [7, 11) is 0. The number of thiazole rings is 1. The highest BCUT2D eigenvalue weighted by Crippen LogP contribution is 2.27. The molecule has 0 saturated carbocycles. The number of hydrogen-bond donors (Lipinski definition) is 2. The van der Waals surface area contributed by atoms with Crippen LogP contribution in [0.5, 0.6) is 0 Å². The molecule has 2 aromatic rings. The molecule has 2 rings (SSSR count). The number of anilines is 2. The predicted octanol–water partition coefficient (Wildman–Crippen LogP) is 2.78. The van der Waals surface area contributed by atoms with Gasteiger partial charge in [0, 0.05) is 29.5 Å². The Labute approximate surface area is 105 Å². The maximum Gasteiger partial charge on any atom is 0.128 e. The summed E-state index contributed by atoms with van der Waals surface area (Å²) in [6, 6.07) is 1.85. The Hall–Kier alpha value is -1.62. The summed E-state index contributed by atoms with van der Waals surface area (Å²) >= 11 is 1.62. The topological polar surface area (TPSA) is 63.8 Å². The zero-order valence-electron chi connectivity index (χ0n) is 10.2. The van der Waals surface area contributed by atoms with Crippen LogP contribution >= 0.6 is 11.3 Å². The van der Waals surface area contributed by atoms with E-state index in [1.165, 1.54) is 0 Å². The van der Waals surface area contributed by atoms with Crippen molar-refractivity contribution in [3.8, 4) is 0 Å². The van der Waals surface area contributed by atoms with Gasteiger partial charge in [-0.2, -0.15) is 0 Å². The Morgan fingerprint density at radius 2 is 2.12 bits per heavy atom. The van der Waals surface area contributed by atoms with Crippen molar-refractivity contribution in [3.63, 3.8) is 0 Å². The van der Waals surface area contributed by atoms with Crippen LogP contribution in [0.4, 0.5) is 11.5 Å². The third-order valence-electron chi connectivity index (χ3n) is 2.55. The van der Waals surface area contributed by atoms with Crippen molar-refractivity contribution in [2.75, 3.05) is 11.1 Å². The minimum Gasteiger partial charge on any atom is -0.398 e. The van der Waals surface area contributed by atoms with Gasteiger partial charge in [0.15, 0.2) is 0 Å². The Kier molecular flexibility index (Phi) is 3.02. The molecule has 0 aliphatic rings. The van der Waals surface area contributed by atoms with Crippen LogP contribution in [0, 0.1) is 6.92 Å². The molecule has 0 aromatic carbocycles. The quantitative estimate of drug-likeness (QED) is 0.876. The SMILES string of the molecule is Cc1cnc(NC(C)(C)c2nccs2)cc1N. The fourth-order valence-electron chi connectivity index (χ4n) is 1.51. The first kappa shape index (κ1) is 11.9. The Morgan fingerprint density at radius 1 is 1.35 bits per heavy atom. The zero-order valence-corrected chi connectivity index (χ0v) is 11.0. The summed E-state index contributed by atoms with van der Waals surface area (Å²) in [6.07, 6.45) is 3.58. The Morgan fingerprint density at radius 3 is 2.71 bits per heavy atom. The molecule has 4 nitrogen and oxygen atoms in total. The number of nitrogens with two attached hydrogens (primary N) is 1. The van der Waals surface area contributed by atoms with Crippen LogP contribution in [0.3, 0.4) is 0 Å². The third kappa shape index (κ3) is 2.55. The van der Waals surface area contributed by atoms with Crippen LogP contribution in [0.2, 0.25) is 0 Å². The van der Waals surface area contributed by atoms with E-state index in [1.807, 2.05) is 18.4 Å². The van der Waals surface area contributed by atoms with Crippen molar-refractivity contribution in [1.82, 2.24) is 9.97 Å². The molecule has 17 heavy (non-hydrogen) atoms. The number of aryl methyl sites for hydroxylation is 1. The van der Waals surface area contributed by atoms with Crippen LogP contribution in [-0.4, -0.2) is 9.97 Å². The fraction of sp³-hybridized carbons (Fsp3) is 0.333. The maximum absolute atomic E-state index is 5.87. The van der Waals surface area contributed by atoms with Gasteiger partial charge < -0.3 is 11.1 Å². The van der Waals surface area contributed by atoms with Crippen molar-refractivity contribution in [3.05, 3.63) is 34.4 Å². The molecule has 0 radical (unpaired) electrons. The van der Waals surface area contributed by atoms with Gasteiger partial charge in [-0.15, -0.1) is 11.3 Å². The monoisotopic (exact) mass is 248 g/mol. The molecule has 0 unspecified atom stereocenters. The lowest BCUT2D eigenvalue weighted by atomic mass is 10.1. The molecule has 0 saturated heterocycles. The van der Waals surface area contributed by atoms with E-state index in [-0.39, 0.29) is 5.54 Å². The van der Waals surface area contributed by atoms with Crippen LogP contribution < -0.4 is 11.1 Å². The number of rotatable bonds is 3. The lowest BCUT2D eigenvalue weighted by molar-refractivity contribution is 0.601. The summed E-state index contributed by atoms with van der Waals surface area (Å²) in [6.45, 7) is 6.09. The lowest BCUT2D eigenvalue weighted by Gasteiger charge is -2.24. The van der Waals surface area contributed by atoms with Crippen molar-refractivity contribution in [2.45, 2.75) is 26.3 Å². The third-order valence-corrected chi connectivity index (χ3v) is 3.65. The van der Waals surface area contributed by atoms with Gasteiger partial charge in [0.2, 0.25) is 0 Å². The average Bonchev–Trinajstić information content (AvgIpc) is 2.77. The highest BCUT2D eigenvalue weighted by Gasteiger charge is 2.23. The zero-order chi connectivity index (χ0) is 12.5. The molecule has 2 heterocycles. The smallest absolute Gasteiger partial charge is 0.128 e. The summed E-state index contributed by atoms with van der Waals surface area (Å²) in [5.41, 5.74) is 7.35. The number of pyridine rings is 1. The largest absolute Gasteiger partial charge is 0.398 e. The molecule has 0 aliphatic carbocycles. The van der Waals surface area contributed by atoms with Crippen molar-refractivity contribution < 1.29 is 0 Å². The minimum atomic E-state index is -0.247. The van der Waals surface area contributed by atoms with Gasteiger partial charge in [-0.1, -0.05) is 0 Å². The second-order valence-electron chi connectivity index (χ2n) is 4.51. The molecule has 90 valence electrons. The highest BCUT2D eigenvalue weighted by atomic mass is 32.1. The predicted molar refractivity (Wildman–Crippen MR) is 72.1 cm³/mol. The van der Waals surface area contributed by atoms with Gasteiger partial charge >= 0.3 is 0 Å². The number of nitrogen functional groups attached to an aromatic ring is 1. The first-order valence-electron chi connectivity index (χ1n) is 5.39. The van der Waals surface area contributed by atoms with E-state index < -0.39 is 0 Å². The van der Waals surface area contributed by atoms with Crippen molar-refractivity contribution in [1.29, 1.82) is 0 Å². The highest BCUT2D eigenvalue weighted by molar-refractivity contribution is 7.09. The van der Waals surface area contributed by atoms with Gasteiger partial charge in [-0.05, 0) is 26.3 Å². The van der Waals surface area contributed by atoms with Crippen LogP contribution in [0.1, 0.15) is 24.4 Å². The summed E-state index contributed by atoms with van der Waals surface area (Å²) in [5, 5.41) is 6.34. The molecule has 2 aromatic heterocycles. The standard InChI is InChI=1S/C12H16N4S/c1-8-7-15-10(6-9(8)13)16-12(2,3)11-14-4-5-17-11/h4-7H,1-3H3,(H3,13,15,16). The lowest BCUT2D eigenvalue weighted by Crippen LogP contribution is -2.28. The average molecular weight is 248 g/mol. The van der Waals surface area contributed by atoms with Crippen LogP contribution in [-0.2, 0) is 5.54 Å². The van der Waals surface area contributed by atoms with E-state index in [9.17, 15) is 0 Å². The summed E-state index contributed by atoms with van der Waals surface area (Å²) in [5.74, 6) is 0.772. The summed E-state index contributed by atoms with van der Waals surface area (Å²) in [4.78, 5) is 8.64. The van der Waals surface area contributed by atoms with Crippen molar-refractivity contribution in [2.24, 2.45) is 0 Å². The molecule has 0 atom stereocenters. The van der Waals surface area contributed by atoms with Crippen molar-refractivity contribution >= 4 is 22.8 Å². The van der Waals surface area contributed by atoms with E-state index in [1.54, 1.807) is 23.7 Å². The molecular weight excluding hydrogens is 232 g/mol. The van der Waals surface area contributed by atoms with E-state index in [0.29, 0.717) is 0 Å².